The lowest BCUT2D eigenvalue weighted by Crippen LogP contribution is -2.17. The molecule has 2 N–H and O–H groups in total. The Hall–Kier alpha value is -2.71. The third-order valence-corrected chi connectivity index (χ3v) is 5.35. The van der Waals surface area contributed by atoms with Crippen LogP contribution in [-0.4, -0.2) is 22.4 Å². The molecule has 0 spiro atoms. The van der Waals surface area contributed by atoms with Gasteiger partial charge < -0.3 is 15.4 Å². The average molecular weight is 483 g/mol. The predicted molar refractivity (Wildman–Crippen MR) is 120 cm³/mol. The Morgan fingerprint density at radius 3 is 2.34 bits per heavy atom. The highest BCUT2D eigenvalue weighted by Crippen LogP contribution is 2.31. The van der Waals surface area contributed by atoms with Crippen LogP contribution in [0.25, 0.3) is 11.3 Å². The van der Waals surface area contributed by atoms with E-state index < -0.39 is 6.36 Å². The van der Waals surface area contributed by atoms with Gasteiger partial charge in [0.15, 0.2) is 0 Å². The Morgan fingerprint density at radius 1 is 0.938 bits per heavy atom. The molecule has 1 aliphatic carbocycles. The molecule has 1 saturated carbocycles. The van der Waals surface area contributed by atoms with Crippen molar-refractivity contribution in [3.8, 4) is 17.0 Å². The number of rotatable bonds is 6. The zero-order valence-electron chi connectivity index (χ0n) is 16.7. The first kappa shape index (κ1) is 22.5. The Morgan fingerprint density at radius 2 is 1.66 bits per heavy atom. The van der Waals surface area contributed by atoms with E-state index in [2.05, 4.69) is 25.3 Å². The summed E-state index contributed by atoms with van der Waals surface area (Å²) in [6.45, 7) is 0. The van der Waals surface area contributed by atoms with Gasteiger partial charge in [-0.05, 0) is 43.2 Å². The van der Waals surface area contributed by atoms with E-state index in [0.717, 1.165) is 25.7 Å². The number of anilines is 3. The summed E-state index contributed by atoms with van der Waals surface area (Å²) in [5.41, 5.74) is 1.51. The number of halogens is 5. The number of aromatic nitrogens is 2. The quantitative estimate of drug-likeness (QED) is 0.382. The zero-order valence-corrected chi connectivity index (χ0v) is 18.2. The Labute approximate surface area is 192 Å². The van der Waals surface area contributed by atoms with E-state index in [4.69, 9.17) is 23.2 Å². The summed E-state index contributed by atoms with van der Waals surface area (Å²) >= 11 is 12.2. The number of alkyl halides is 3. The van der Waals surface area contributed by atoms with Gasteiger partial charge >= 0.3 is 6.36 Å². The van der Waals surface area contributed by atoms with E-state index in [1.54, 1.807) is 30.3 Å². The van der Waals surface area contributed by atoms with Gasteiger partial charge in [0.05, 0.1) is 5.69 Å². The minimum atomic E-state index is -4.78. The number of nitrogens with zero attached hydrogens (tertiary/aromatic N) is 2. The van der Waals surface area contributed by atoms with Crippen molar-refractivity contribution in [2.24, 2.45) is 0 Å². The van der Waals surface area contributed by atoms with Crippen molar-refractivity contribution < 1.29 is 17.9 Å². The van der Waals surface area contributed by atoms with Crippen LogP contribution >= 0.6 is 23.2 Å². The van der Waals surface area contributed by atoms with Gasteiger partial charge in [-0.25, -0.2) is 4.98 Å². The number of nitrogens with one attached hydrogen (secondary N) is 2. The number of hydrogen-bond donors (Lipinski definition) is 2. The highest BCUT2D eigenvalue weighted by atomic mass is 35.5. The van der Waals surface area contributed by atoms with Gasteiger partial charge in [0.1, 0.15) is 11.6 Å². The lowest BCUT2D eigenvalue weighted by Gasteiger charge is -2.16. The lowest BCUT2D eigenvalue weighted by atomic mass is 10.1. The molecule has 10 heteroatoms. The molecule has 5 nitrogen and oxygen atoms in total. The molecule has 1 heterocycles. The highest BCUT2D eigenvalue weighted by molar-refractivity contribution is 6.35. The first-order valence-corrected chi connectivity index (χ1v) is 10.7. The minimum Gasteiger partial charge on any atom is -0.406 e. The molecular formula is C22H19Cl2F3N4O. The topological polar surface area (TPSA) is 59.1 Å². The first-order chi connectivity index (χ1) is 15.2. The predicted octanol–water partition coefficient (Wildman–Crippen LogP) is 7.45. The Bertz CT molecular complexity index is 1080. The smallest absolute Gasteiger partial charge is 0.406 e. The summed E-state index contributed by atoms with van der Waals surface area (Å²) < 4.78 is 42.0. The van der Waals surface area contributed by atoms with Crippen LogP contribution in [0.5, 0.6) is 5.75 Å². The van der Waals surface area contributed by atoms with Crippen molar-refractivity contribution in [2.45, 2.75) is 38.1 Å². The Balaban J connectivity index is 1.69. The van der Waals surface area contributed by atoms with Crippen molar-refractivity contribution >= 4 is 40.7 Å². The van der Waals surface area contributed by atoms with Crippen LogP contribution in [-0.2, 0) is 0 Å². The summed E-state index contributed by atoms with van der Waals surface area (Å²) in [7, 11) is 0. The molecule has 3 aromatic rings. The van der Waals surface area contributed by atoms with Crippen LogP contribution in [0, 0.1) is 0 Å². The van der Waals surface area contributed by atoms with E-state index >= 15 is 0 Å². The largest absolute Gasteiger partial charge is 0.573 e. The number of hydrogen-bond acceptors (Lipinski definition) is 5. The minimum absolute atomic E-state index is 0.249. The van der Waals surface area contributed by atoms with Gasteiger partial charge in [-0.3, -0.25) is 0 Å². The molecule has 0 unspecified atom stereocenters. The highest BCUT2D eigenvalue weighted by Gasteiger charge is 2.31. The van der Waals surface area contributed by atoms with Crippen molar-refractivity contribution in [3.05, 3.63) is 58.6 Å². The molecule has 1 fully saturated rings. The van der Waals surface area contributed by atoms with Crippen LogP contribution in [0.1, 0.15) is 25.7 Å². The van der Waals surface area contributed by atoms with Crippen molar-refractivity contribution in [1.82, 2.24) is 9.97 Å². The van der Waals surface area contributed by atoms with Gasteiger partial charge in [-0.1, -0.05) is 48.2 Å². The van der Waals surface area contributed by atoms with E-state index in [0.29, 0.717) is 38.8 Å². The second-order valence-corrected chi connectivity index (χ2v) is 8.32. The average Bonchev–Trinajstić information content (AvgIpc) is 3.19. The Kier molecular flexibility index (Phi) is 6.62. The van der Waals surface area contributed by atoms with Gasteiger partial charge in [0.25, 0.3) is 0 Å². The summed E-state index contributed by atoms with van der Waals surface area (Å²) in [6, 6.07) is 12.5. The molecule has 2 aromatic carbocycles. The van der Waals surface area contributed by atoms with E-state index in [1.165, 1.54) is 18.2 Å². The number of benzene rings is 2. The molecule has 0 radical (unpaired) electrons. The molecule has 1 aromatic heterocycles. The molecule has 0 bridgehead atoms. The van der Waals surface area contributed by atoms with Crippen LogP contribution in [0.4, 0.5) is 30.6 Å². The lowest BCUT2D eigenvalue weighted by molar-refractivity contribution is -0.274. The van der Waals surface area contributed by atoms with Crippen LogP contribution in [0.2, 0.25) is 10.0 Å². The zero-order chi connectivity index (χ0) is 22.7. The van der Waals surface area contributed by atoms with Crippen LogP contribution in [0.15, 0.2) is 48.5 Å². The SMILES string of the molecule is FC(F)(F)Oc1cccc(-c2cc(Nc3cc(Cl)cc(Cl)c3)nc(NC3CCCC3)n2)c1. The summed E-state index contributed by atoms with van der Waals surface area (Å²) in [5.74, 6) is 0.498. The molecule has 4 rings (SSSR count). The van der Waals surface area contributed by atoms with E-state index in [1.807, 2.05) is 0 Å². The van der Waals surface area contributed by atoms with Gasteiger partial charge in [0, 0.05) is 33.4 Å². The fourth-order valence-corrected chi connectivity index (χ4v) is 4.13. The monoisotopic (exact) mass is 482 g/mol. The third-order valence-electron chi connectivity index (χ3n) is 4.91. The summed E-state index contributed by atoms with van der Waals surface area (Å²) in [4.78, 5) is 9.06. The molecule has 0 aliphatic heterocycles. The summed E-state index contributed by atoms with van der Waals surface area (Å²) in [5, 5.41) is 7.38. The van der Waals surface area contributed by atoms with Crippen molar-refractivity contribution in [1.29, 1.82) is 0 Å². The maximum Gasteiger partial charge on any atom is 0.573 e. The maximum atomic E-state index is 12.6. The molecule has 32 heavy (non-hydrogen) atoms. The van der Waals surface area contributed by atoms with Crippen LogP contribution < -0.4 is 15.4 Å². The van der Waals surface area contributed by atoms with E-state index in [9.17, 15) is 13.2 Å². The molecular weight excluding hydrogens is 464 g/mol. The molecule has 0 amide bonds. The normalized spacial score (nSPS) is 14.4. The molecule has 168 valence electrons. The fourth-order valence-electron chi connectivity index (χ4n) is 3.60. The maximum absolute atomic E-state index is 12.6. The molecule has 0 saturated heterocycles. The molecule has 0 atom stereocenters. The van der Waals surface area contributed by atoms with E-state index in [-0.39, 0.29) is 11.8 Å². The second-order valence-electron chi connectivity index (χ2n) is 7.45. The third kappa shape index (κ3) is 6.17. The van der Waals surface area contributed by atoms with Gasteiger partial charge in [-0.15, -0.1) is 13.2 Å². The molecule has 1 aliphatic rings. The van der Waals surface area contributed by atoms with Crippen molar-refractivity contribution in [2.75, 3.05) is 10.6 Å². The van der Waals surface area contributed by atoms with Crippen LogP contribution in [0.3, 0.4) is 0 Å². The summed E-state index contributed by atoms with van der Waals surface area (Å²) in [6.07, 6.45) is -0.511. The van der Waals surface area contributed by atoms with Gasteiger partial charge in [-0.2, -0.15) is 4.98 Å². The first-order valence-electron chi connectivity index (χ1n) is 9.98. The second kappa shape index (κ2) is 9.42. The fraction of sp³-hybridized carbons (Fsp3) is 0.273. The van der Waals surface area contributed by atoms with Crippen molar-refractivity contribution in [3.63, 3.8) is 0 Å². The van der Waals surface area contributed by atoms with Gasteiger partial charge in [0.2, 0.25) is 5.95 Å². The number of ether oxygens (including phenoxy) is 1. The standard InChI is InChI=1S/C22H19Cl2F3N4O/c23-14-9-15(24)11-17(10-14)28-20-12-19(30-21(31-20)29-16-5-1-2-6-16)13-4-3-7-18(8-13)32-22(25,26)27/h3-4,7-12,16H,1-2,5-6H2,(H2,28,29,30,31).